The number of nitrogens with zero attached hydrogens (tertiary/aromatic N) is 1. The first-order valence-electron chi connectivity index (χ1n) is 6.43. The minimum atomic E-state index is -4.39. The summed E-state index contributed by atoms with van der Waals surface area (Å²) in [6.07, 6.45) is -4.39. The highest BCUT2D eigenvalue weighted by atomic mass is 32.1. The molecule has 0 saturated carbocycles. The molecule has 6 heteroatoms. The van der Waals surface area contributed by atoms with E-state index in [1.54, 1.807) is 35.7 Å². The van der Waals surface area contributed by atoms with Crippen LogP contribution in [0.2, 0.25) is 0 Å². The average molecular weight is 320 g/mol. The average Bonchev–Trinajstić information content (AvgIpc) is 2.93. The minimum absolute atomic E-state index is 0.153. The molecule has 0 unspecified atom stereocenters. The van der Waals surface area contributed by atoms with Crippen LogP contribution < -0.4 is 5.73 Å². The third-order valence-electron chi connectivity index (χ3n) is 3.22. The predicted octanol–water partition coefficient (Wildman–Crippen LogP) is 5.08. The lowest BCUT2D eigenvalue weighted by atomic mass is 9.97. The van der Waals surface area contributed by atoms with Crippen molar-refractivity contribution >= 4 is 16.5 Å². The second-order valence-electron chi connectivity index (χ2n) is 4.70. The van der Waals surface area contributed by atoms with Gasteiger partial charge in [0.2, 0.25) is 0 Å². The normalized spacial score (nSPS) is 11.6. The van der Waals surface area contributed by atoms with E-state index >= 15 is 0 Å². The molecule has 0 radical (unpaired) electrons. The van der Waals surface area contributed by atoms with E-state index in [1.165, 1.54) is 23.5 Å². The van der Waals surface area contributed by atoms with Gasteiger partial charge in [-0.2, -0.15) is 13.2 Å². The zero-order valence-electron chi connectivity index (χ0n) is 11.3. The molecule has 2 N–H and O–H groups in total. The van der Waals surface area contributed by atoms with Crippen molar-refractivity contribution in [3.05, 3.63) is 59.5 Å². The molecule has 0 bridgehead atoms. The zero-order chi connectivity index (χ0) is 15.7. The molecular weight excluding hydrogens is 309 g/mol. The van der Waals surface area contributed by atoms with Crippen LogP contribution in [0.3, 0.4) is 0 Å². The Kier molecular flexibility index (Phi) is 3.62. The summed E-state index contributed by atoms with van der Waals surface area (Å²) in [6, 6.07) is 12.4. The van der Waals surface area contributed by atoms with Crippen LogP contribution in [0.5, 0.6) is 0 Å². The van der Waals surface area contributed by atoms with Crippen molar-refractivity contribution in [2.24, 2.45) is 0 Å². The van der Waals surface area contributed by atoms with Crippen molar-refractivity contribution in [1.82, 2.24) is 4.98 Å². The smallest absolute Gasteiger partial charge is 0.375 e. The molecular formula is C16H11F3N2S. The number of rotatable bonds is 2. The molecule has 0 amide bonds. The summed E-state index contributed by atoms with van der Waals surface area (Å²) in [6.45, 7) is 0. The van der Waals surface area contributed by atoms with E-state index in [0.29, 0.717) is 16.4 Å². The predicted molar refractivity (Wildman–Crippen MR) is 82.4 cm³/mol. The lowest BCUT2D eigenvalue weighted by Gasteiger charge is -2.13. The fourth-order valence-electron chi connectivity index (χ4n) is 2.25. The number of hydrogen-bond acceptors (Lipinski definition) is 3. The lowest BCUT2D eigenvalue weighted by molar-refractivity contribution is -0.137. The van der Waals surface area contributed by atoms with Gasteiger partial charge in [0, 0.05) is 10.9 Å². The number of nitrogens with two attached hydrogens (primary N) is 1. The first kappa shape index (κ1) is 14.6. The van der Waals surface area contributed by atoms with E-state index in [0.717, 1.165) is 11.6 Å². The van der Waals surface area contributed by atoms with Crippen LogP contribution in [0.1, 0.15) is 5.56 Å². The highest BCUT2D eigenvalue weighted by molar-refractivity contribution is 7.13. The second kappa shape index (κ2) is 5.46. The first-order chi connectivity index (χ1) is 10.4. The molecule has 0 aliphatic heterocycles. The van der Waals surface area contributed by atoms with E-state index in [4.69, 9.17) is 5.73 Å². The van der Waals surface area contributed by atoms with E-state index in [9.17, 15) is 13.2 Å². The van der Waals surface area contributed by atoms with E-state index < -0.39 is 11.7 Å². The Labute approximate surface area is 129 Å². The summed E-state index contributed by atoms with van der Waals surface area (Å²) in [5.41, 5.74) is 7.01. The fourth-order valence-corrected chi connectivity index (χ4v) is 2.82. The number of alkyl halides is 3. The van der Waals surface area contributed by atoms with Crippen LogP contribution in [-0.2, 0) is 6.18 Å². The number of hydrogen-bond donors (Lipinski definition) is 1. The third-order valence-corrected chi connectivity index (χ3v) is 3.90. The summed E-state index contributed by atoms with van der Waals surface area (Å²) in [4.78, 5) is 4.16. The van der Waals surface area contributed by atoms with Crippen molar-refractivity contribution in [1.29, 1.82) is 0 Å². The van der Waals surface area contributed by atoms with Crippen molar-refractivity contribution in [3.63, 3.8) is 0 Å². The van der Waals surface area contributed by atoms with Gasteiger partial charge in [0.05, 0.1) is 11.3 Å². The van der Waals surface area contributed by atoms with E-state index in [1.807, 2.05) is 0 Å². The monoisotopic (exact) mass is 320 g/mol. The summed E-state index contributed by atoms with van der Waals surface area (Å²) < 4.78 is 39.4. The molecule has 0 fully saturated rings. The number of benzene rings is 2. The molecule has 1 heterocycles. The lowest BCUT2D eigenvalue weighted by Crippen LogP contribution is -2.06. The van der Waals surface area contributed by atoms with E-state index in [-0.39, 0.29) is 5.56 Å². The molecule has 0 saturated heterocycles. The summed E-state index contributed by atoms with van der Waals surface area (Å²) >= 11 is 1.29. The SMILES string of the molecule is Nc1nc(-c2cccc(-c3ccccc3C(F)(F)F)c2)cs1. The molecule has 3 aromatic rings. The van der Waals surface area contributed by atoms with Crippen LogP contribution in [-0.4, -0.2) is 4.98 Å². The fraction of sp³-hybridized carbons (Fsp3) is 0.0625. The Bertz CT molecular complexity index is 809. The van der Waals surface area contributed by atoms with Crippen LogP contribution in [0.4, 0.5) is 18.3 Å². The van der Waals surface area contributed by atoms with Crippen LogP contribution in [0.25, 0.3) is 22.4 Å². The van der Waals surface area contributed by atoms with Gasteiger partial charge in [-0.25, -0.2) is 4.98 Å². The Morgan fingerprint density at radius 1 is 0.955 bits per heavy atom. The summed E-state index contributed by atoms with van der Waals surface area (Å²) in [7, 11) is 0. The molecule has 112 valence electrons. The van der Waals surface area contributed by atoms with Crippen LogP contribution in [0, 0.1) is 0 Å². The zero-order valence-corrected chi connectivity index (χ0v) is 12.1. The standard InChI is InChI=1S/C16H11F3N2S/c17-16(18,19)13-7-2-1-6-12(13)10-4-3-5-11(8-10)14-9-22-15(20)21-14/h1-9H,(H2,20,21). The topological polar surface area (TPSA) is 38.9 Å². The molecule has 1 aromatic heterocycles. The Morgan fingerprint density at radius 2 is 1.68 bits per heavy atom. The van der Waals surface area contributed by atoms with Crippen LogP contribution in [0.15, 0.2) is 53.9 Å². The minimum Gasteiger partial charge on any atom is -0.375 e. The number of nitrogen functional groups attached to an aromatic ring is 1. The Morgan fingerprint density at radius 3 is 2.36 bits per heavy atom. The van der Waals surface area contributed by atoms with Crippen molar-refractivity contribution < 1.29 is 13.2 Å². The Hall–Kier alpha value is -2.34. The van der Waals surface area contributed by atoms with Gasteiger partial charge in [0.1, 0.15) is 0 Å². The van der Waals surface area contributed by atoms with Gasteiger partial charge in [0.25, 0.3) is 0 Å². The van der Waals surface area contributed by atoms with Gasteiger partial charge >= 0.3 is 6.18 Å². The van der Waals surface area contributed by atoms with Gasteiger partial charge in [-0.05, 0) is 23.3 Å². The van der Waals surface area contributed by atoms with Gasteiger partial charge in [-0.15, -0.1) is 11.3 Å². The van der Waals surface area contributed by atoms with Crippen molar-refractivity contribution in [3.8, 4) is 22.4 Å². The first-order valence-corrected chi connectivity index (χ1v) is 7.31. The maximum Gasteiger partial charge on any atom is 0.417 e. The second-order valence-corrected chi connectivity index (χ2v) is 5.58. The van der Waals surface area contributed by atoms with Gasteiger partial charge < -0.3 is 5.73 Å². The number of halogens is 3. The molecule has 3 rings (SSSR count). The van der Waals surface area contributed by atoms with Gasteiger partial charge in [-0.3, -0.25) is 0 Å². The molecule has 2 nitrogen and oxygen atoms in total. The van der Waals surface area contributed by atoms with Gasteiger partial charge in [0.15, 0.2) is 5.13 Å². The summed E-state index contributed by atoms with van der Waals surface area (Å²) in [5, 5.41) is 2.21. The van der Waals surface area contributed by atoms with Crippen LogP contribution >= 0.6 is 11.3 Å². The molecule has 0 spiro atoms. The highest BCUT2D eigenvalue weighted by Gasteiger charge is 2.33. The van der Waals surface area contributed by atoms with Gasteiger partial charge in [-0.1, -0.05) is 36.4 Å². The number of aromatic nitrogens is 1. The molecule has 2 aromatic carbocycles. The maximum absolute atomic E-state index is 13.1. The third kappa shape index (κ3) is 2.82. The largest absolute Gasteiger partial charge is 0.417 e. The number of anilines is 1. The maximum atomic E-state index is 13.1. The Balaban J connectivity index is 2.11. The highest BCUT2D eigenvalue weighted by Crippen LogP contribution is 2.38. The molecule has 0 atom stereocenters. The van der Waals surface area contributed by atoms with E-state index in [2.05, 4.69) is 4.98 Å². The number of thiazole rings is 1. The quantitative estimate of drug-likeness (QED) is 0.715. The molecule has 0 aliphatic rings. The molecule has 0 aliphatic carbocycles. The van der Waals surface area contributed by atoms with Crippen molar-refractivity contribution in [2.45, 2.75) is 6.18 Å². The van der Waals surface area contributed by atoms with Crippen molar-refractivity contribution in [2.75, 3.05) is 5.73 Å². The molecule has 22 heavy (non-hydrogen) atoms. The summed E-state index contributed by atoms with van der Waals surface area (Å²) in [5.74, 6) is 0.